The van der Waals surface area contributed by atoms with E-state index in [0.717, 1.165) is 15.8 Å². The van der Waals surface area contributed by atoms with Crippen molar-refractivity contribution in [1.29, 1.82) is 0 Å². The summed E-state index contributed by atoms with van der Waals surface area (Å²) >= 11 is 9.56. The largest absolute Gasteiger partial charge is 0.497 e. The smallest absolute Gasteiger partial charge is 0.227 e. The van der Waals surface area contributed by atoms with Crippen LogP contribution in [0, 0.1) is 0 Å². The van der Waals surface area contributed by atoms with Crippen LogP contribution in [0.3, 0.4) is 0 Å². The number of nitrogens with zero attached hydrogens (tertiary/aromatic N) is 2. The van der Waals surface area contributed by atoms with Crippen LogP contribution in [-0.2, 0) is 0 Å². The Balaban J connectivity index is 2.38. The Bertz CT molecular complexity index is 620. The van der Waals surface area contributed by atoms with Crippen LogP contribution in [0.15, 0.2) is 29.0 Å². The molecule has 0 atom stereocenters. The highest BCUT2D eigenvalue weighted by Gasteiger charge is 2.16. The lowest BCUT2D eigenvalue weighted by molar-refractivity contribution is 0.410. The summed E-state index contributed by atoms with van der Waals surface area (Å²) in [5.74, 6) is 2.01. The van der Waals surface area contributed by atoms with Gasteiger partial charge in [0.2, 0.25) is 5.88 Å². The molecule has 106 valence electrons. The van der Waals surface area contributed by atoms with Gasteiger partial charge in [-0.2, -0.15) is 0 Å². The van der Waals surface area contributed by atoms with Gasteiger partial charge in [0, 0.05) is 0 Å². The number of hydrogen-bond donors (Lipinski definition) is 0. The van der Waals surface area contributed by atoms with Crippen molar-refractivity contribution in [3.05, 3.63) is 39.7 Å². The molecule has 0 aliphatic rings. The topological polar surface area (TPSA) is 44.2 Å². The maximum atomic E-state index is 6.12. The van der Waals surface area contributed by atoms with Gasteiger partial charge in [-0.05, 0) is 40.0 Å². The Hall–Kier alpha value is -1.33. The van der Waals surface area contributed by atoms with Crippen LogP contribution in [0.1, 0.15) is 25.3 Å². The van der Waals surface area contributed by atoms with Crippen LogP contribution >= 0.6 is 27.5 Å². The molecule has 2 aromatic rings. The molecule has 0 aliphatic heterocycles. The normalized spacial score (nSPS) is 10.7. The maximum absolute atomic E-state index is 6.12. The first-order valence-electron chi connectivity index (χ1n) is 6.04. The summed E-state index contributed by atoms with van der Waals surface area (Å²) in [6.45, 7) is 4.03. The number of halogens is 2. The average molecular weight is 358 g/mol. The minimum atomic E-state index is 0.163. The third-order valence-corrected chi connectivity index (χ3v) is 3.64. The Labute approximate surface area is 131 Å². The molecule has 0 bridgehead atoms. The van der Waals surface area contributed by atoms with E-state index >= 15 is 0 Å². The van der Waals surface area contributed by atoms with Crippen LogP contribution in [0.4, 0.5) is 0 Å². The average Bonchev–Trinajstić information content (AvgIpc) is 2.40. The van der Waals surface area contributed by atoms with Crippen molar-refractivity contribution in [2.45, 2.75) is 19.8 Å². The maximum Gasteiger partial charge on any atom is 0.227 e. The first kappa shape index (κ1) is 15.1. The second-order valence-electron chi connectivity index (χ2n) is 4.44. The van der Waals surface area contributed by atoms with E-state index in [1.54, 1.807) is 7.11 Å². The predicted molar refractivity (Wildman–Crippen MR) is 81.9 cm³/mol. The number of rotatable bonds is 4. The third kappa shape index (κ3) is 3.22. The molecule has 2 rings (SSSR count). The Morgan fingerprint density at radius 1 is 1.25 bits per heavy atom. The minimum absolute atomic E-state index is 0.163. The van der Waals surface area contributed by atoms with Gasteiger partial charge in [0.15, 0.2) is 0 Å². The van der Waals surface area contributed by atoms with Crippen molar-refractivity contribution in [2.75, 3.05) is 7.11 Å². The molecule has 6 heteroatoms. The molecule has 0 amide bonds. The molecule has 0 saturated heterocycles. The van der Waals surface area contributed by atoms with E-state index in [2.05, 4.69) is 25.9 Å². The number of hydrogen-bond acceptors (Lipinski definition) is 4. The highest BCUT2D eigenvalue weighted by atomic mass is 79.9. The fraction of sp³-hybridized carbons (Fsp3) is 0.286. The zero-order chi connectivity index (χ0) is 14.7. The van der Waals surface area contributed by atoms with Crippen LogP contribution in [0.25, 0.3) is 0 Å². The number of ether oxygens (including phenoxy) is 2. The lowest BCUT2D eigenvalue weighted by Gasteiger charge is -2.14. The molecular weight excluding hydrogens is 344 g/mol. The molecule has 0 saturated carbocycles. The van der Waals surface area contributed by atoms with Gasteiger partial charge in [-0.25, -0.2) is 9.97 Å². The summed E-state index contributed by atoms with van der Waals surface area (Å²) < 4.78 is 11.8. The Kier molecular flexibility index (Phi) is 4.83. The molecule has 1 heterocycles. The lowest BCUT2D eigenvalue weighted by Crippen LogP contribution is -2.00. The van der Waals surface area contributed by atoms with E-state index < -0.39 is 0 Å². The Morgan fingerprint density at radius 2 is 2.00 bits per heavy atom. The minimum Gasteiger partial charge on any atom is -0.497 e. The van der Waals surface area contributed by atoms with Crippen molar-refractivity contribution in [2.24, 2.45) is 0 Å². The number of methoxy groups -OCH3 is 1. The lowest BCUT2D eigenvalue weighted by atomic mass is 10.1. The Morgan fingerprint density at radius 3 is 2.60 bits per heavy atom. The monoisotopic (exact) mass is 356 g/mol. The van der Waals surface area contributed by atoms with Gasteiger partial charge in [-0.3, -0.25) is 0 Å². The highest BCUT2D eigenvalue weighted by Crippen LogP contribution is 2.36. The van der Waals surface area contributed by atoms with Crippen molar-refractivity contribution in [3.63, 3.8) is 0 Å². The first-order chi connectivity index (χ1) is 9.52. The molecule has 0 radical (unpaired) electrons. The van der Waals surface area contributed by atoms with Crippen LogP contribution < -0.4 is 9.47 Å². The highest BCUT2D eigenvalue weighted by molar-refractivity contribution is 9.10. The summed E-state index contributed by atoms with van der Waals surface area (Å²) in [7, 11) is 1.61. The predicted octanol–water partition coefficient (Wildman–Crippen LogP) is 4.82. The van der Waals surface area contributed by atoms with Crippen LogP contribution in [-0.4, -0.2) is 17.1 Å². The van der Waals surface area contributed by atoms with E-state index in [0.29, 0.717) is 16.8 Å². The standard InChI is InChI=1S/C14H14BrClN2O2/c1-8(2)12-13(16)17-7-18-14(12)20-11-5-4-9(19-3)6-10(11)15/h4-8H,1-3H3. The van der Waals surface area contributed by atoms with Gasteiger partial charge >= 0.3 is 0 Å². The number of benzene rings is 1. The van der Waals surface area contributed by atoms with E-state index in [1.807, 2.05) is 32.0 Å². The van der Waals surface area contributed by atoms with Gasteiger partial charge < -0.3 is 9.47 Å². The van der Waals surface area contributed by atoms with E-state index in [4.69, 9.17) is 21.1 Å². The second-order valence-corrected chi connectivity index (χ2v) is 5.65. The van der Waals surface area contributed by atoms with Crippen molar-refractivity contribution in [3.8, 4) is 17.4 Å². The summed E-state index contributed by atoms with van der Waals surface area (Å²) in [6.07, 6.45) is 1.39. The fourth-order valence-corrected chi connectivity index (χ4v) is 2.50. The quantitative estimate of drug-likeness (QED) is 0.736. The van der Waals surface area contributed by atoms with Crippen molar-refractivity contribution >= 4 is 27.5 Å². The summed E-state index contributed by atoms with van der Waals surface area (Å²) in [4.78, 5) is 8.16. The number of aromatic nitrogens is 2. The van der Waals surface area contributed by atoms with Crippen LogP contribution in [0.2, 0.25) is 5.15 Å². The second kappa shape index (κ2) is 6.41. The van der Waals surface area contributed by atoms with E-state index in [1.165, 1.54) is 6.33 Å². The molecule has 1 aromatic heterocycles. The first-order valence-corrected chi connectivity index (χ1v) is 7.21. The molecule has 0 fully saturated rings. The molecule has 0 unspecified atom stereocenters. The molecule has 0 N–H and O–H groups in total. The van der Waals surface area contributed by atoms with Gasteiger partial charge in [-0.15, -0.1) is 0 Å². The zero-order valence-corrected chi connectivity index (χ0v) is 13.7. The molecular formula is C14H14BrClN2O2. The summed E-state index contributed by atoms with van der Waals surface area (Å²) in [5, 5.41) is 0.412. The van der Waals surface area contributed by atoms with Gasteiger partial charge in [0.05, 0.1) is 17.1 Å². The van der Waals surface area contributed by atoms with Crippen molar-refractivity contribution < 1.29 is 9.47 Å². The van der Waals surface area contributed by atoms with Crippen molar-refractivity contribution in [1.82, 2.24) is 9.97 Å². The zero-order valence-electron chi connectivity index (χ0n) is 11.4. The molecule has 1 aromatic carbocycles. The molecule has 20 heavy (non-hydrogen) atoms. The third-order valence-electron chi connectivity index (χ3n) is 2.72. The summed E-state index contributed by atoms with van der Waals surface area (Å²) in [5.41, 5.74) is 0.789. The fourth-order valence-electron chi connectivity index (χ4n) is 1.72. The molecule has 0 aliphatic carbocycles. The SMILES string of the molecule is COc1ccc(Oc2ncnc(Cl)c2C(C)C)c(Br)c1. The van der Waals surface area contributed by atoms with Gasteiger partial charge in [0.25, 0.3) is 0 Å². The van der Waals surface area contributed by atoms with Gasteiger partial charge in [-0.1, -0.05) is 25.4 Å². The summed E-state index contributed by atoms with van der Waals surface area (Å²) in [6, 6.07) is 5.45. The van der Waals surface area contributed by atoms with Crippen LogP contribution in [0.5, 0.6) is 17.4 Å². The molecule has 0 spiro atoms. The van der Waals surface area contributed by atoms with Gasteiger partial charge in [0.1, 0.15) is 23.0 Å². The van der Waals surface area contributed by atoms with E-state index in [9.17, 15) is 0 Å². The molecule has 4 nitrogen and oxygen atoms in total. The van der Waals surface area contributed by atoms with E-state index in [-0.39, 0.29) is 5.92 Å².